The van der Waals surface area contributed by atoms with Crippen molar-refractivity contribution in [3.05, 3.63) is 101 Å². The molecule has 0 saturated heterocycles. The Balaban J connectivity index is 1.56. The SMILES string of the molecule is CCOC(=O)c1ccc2nc(C)n(Cc3ccc(/C=C/c4ccccc4)cc3)c2c1. The van der Waals surface area contributed by atoms with Crippen LogP contribution in [0.1, 0.15) is 39.8 Å². The lowest BCUT2D eigenvalue weighted by Crippen LogP contribution is -2.06. The van der Waals surface area contributed by atoms with E-state index in [0.29, 0.717) is 18.7 Å². The Labute approximate surface area is 176 Å². The first kappa shape index (κ1) is 19.6. The lowest BCUT2D eigenvalue weighted by Gasteiger charge is -2.08. The lowest BCUT2D eigenvalue weighted by molar-refractivity contribution is 0.0526. The number of benzene rings is 3. The fourth-order valence-electron chi connectivity index (χ4n) is 3.46. The first-order valence-electron chi connectivity index (χ1n) is 10.1. The highest BCUT2D eigenvalue weighted by Crippen LogP contribution is 2.20. The van der Waals surface area contributed by atoms with Crippen molar-refractivity contribution < 1.29 is 9.53 Å². The number of carbonyl (C=O) groups excluding carboxylic acids is 1. The van der Waals surface area contributed by atoms with E-state index in [-0.39, 0.29) is 5.97 Å². The molecule has 0 aliphatic rings. The summed E-state index contributed by atoms with van der Waals surface area (Å²) >= 11 is 0. The van der Waals surface area contributed by atoms with E-state index in [9.17, 15) is 4.79 Å². The highest BCUT2D eigenvalue weighted by atomic mass is 16.5. The largest absolute Gasteiger partial charge is 0.462 e. The van der Waals surface area contributed by atoms with Gasteiger partial charge < -0.3 is 9.30 Å². The number of esters is 1. The maximum absolute atomic E-state index is 12.1. The molecule has 150 valence electrons. The molecule has 4 aromatic rings. The highest BCUT2D eigenvalue weighted by Gasteiger charge is 2.12. The smallest absolute Gasteiger partial charge is 0.338 e. The van der Waals surface area contributed by atoms with E-state index >= 15 is 0 Å². The number of hydrogen-bond donors (Lipinski definition) is 0. The van der Waals surface area contributed by atoms with Crippen molar-refractivity contribution in [2.75, 3.05) is 6.61 Å². The van der Waals surface area contributed by atoms with Gasteiger partial charge in [-0.15, -0.1) is 0 Å². The van der Waals surface area contributed by atoms with Gasteiger partial charge in [-0.25, -0.2) is 9.78 Å². The molecule has 1 heterocycles. The summed E-state index contributed by atoms with van der Waals surface area (Å²) in [5.74, 6) is 0.610. The Morgan fingerprint density at radius 1 is 0.967 bits per heavy atom. The zero-order chi connectivity index (χ0) is 20.9. The number of aryl methyl sites for hydroxylation is 1. The van der Waals surface area contributed by atoms with Crippen LogP contribution in [0.4, 0.5) is 0 Å². The van der Waals surface area contributed by atoms with Crippen LogP contribution in [-0.2, 0) is 11.3 Å². The second-order valence-electron chi connectivity index (χ2n) is 7.15. The normalized spacial score (nSPS) is 11.3. The second kappa shape index (κ2) is 8.78. The van der Waals surface area contributed by atoms with Gasteiger partial charge in [-0.05, 0) is 48.7 Å². The number of hydrogen-bond acceptors (Lipinski definition) is 3. The summed E-state index contributed by atoms with van der Waals surface area (Å²) in [6, 6.07) is 24.3. The predicted octanol–water partition coefficient (Wildman–Crippen LogP) is 5.74. The number of fused-ring (bicyclic) bond motifs is 1. The van der Waals surface area contributed by atoms with Gasteiger partial charge >= 0.3 is 5.97 Å². The van der Waals surface area contributed by atoms with Crippen molar-refractivity contribution in [3.63, 3.8) is 0 Å². The molecule has 0 amide bonds. The van der Waals surface area contributed by atoms with Gasteiger partial charge in [0.15, 0.2) is 0 Å². The molecule has 0 saturated carbocycles. The van der Waals surface area contributed by atoms with E-state index in [1.165, 1.54) is 11.1 Å². The van der Waals surface area contributed by atoms with Crippen LogP contribution in [0.15, 0.2) is 72.8 Å². The Kier molecular flexibility index (Phi) is 5.75. The average molecular weight is 396 g/mol. The van der Waals surface area contributed by atoms with Gasteiger partial charge in [0.05, 0.1) is 23.2 Å². The fourth-order valence-corrected chi connectivity index (χ4v) is 3.46. The molecule has 0 aliphatic heterocycles. The van der Waals surface area contributed by atoms with E-state index in [0.717, 1.165) is 22.4 Å². The number of rotatable bonds is 6. The maximum Gasteiger partial charge on any atom is 0.338 e. The summed E-state index contributed by atoms with van der Waals surface area (Å²) in [4.78, 5) is 16.7. The Hall–Kier alpha value is -3.66. The Bertz CT molecular complexity index is 1190. The number of ether oxygens (including phenoxy) is 1. The first-order valence-corrected chi connectivity index (χ1v) is 10.1. The molecule has 0 spiro atoms. The molecule has 1 aromatic heterocycles. The van der Waals surface area contributed by atoms with Crippen molar-refractivity contribution in [2.45, 2.75) is 20.4 Å². The minimum absolute atomic E-state index is 0.306. The molecular formula is C26H24N2O2. The fraction of sp³-hybridized carbons (Fsp3) is 0.154. The quantitative estimate of drug-likeness (QED) is 0.308. The molecule has 4 nitrogen and oxygen atoms in total. The van der Waals surface area contributed by atoms with Crippen LogP contribution in [0, 0.1) is 6.92 Å². The molecule has 30 heavy (non-hydrogen) atoms. The molecule has 4 heteroatoms. The van der Waals surface area contributed by atoms with E-state index in [1.807, 2.05) is 44.2 Å². The molecule has 0 unspecified atom stereocenters. The molecule has 0 atom stereocenters. The van der Waals surface area contributed by atoms with Crippen LogP contribution in [0.3, 0.4) is 0 Å². The van der Waals surface area contributed by atoms with Crippen LogP contribution in [-0.4, -0.2) is 22.1 Å². The molecule has 0 aliphatic carbocycles. The monoisotopic (exact) mass is 396 g/mol. The highest BCUT2D eigenvalue weighted by molar-refractivity contribution is 5.93. The third-order valence-electron chi connectivity index (χ3n) is 5.04. The van der Waals surface area contributed by atoms with Gasteiger partial charge in [-0.3, -0.25) is 0 Å². The zero-order valence-corrected chi connectivity index (χ0v) is 17.2. The van der Waals surface area contributed by atoms with Crippen LogP contribution in [0.5, 0.6) is 0 Å². The van der Waals surface area contributed by atoms with Gasteiger partial charge in [0.2, 0.25) is 0 Å². The van der Waals surface area contributed by atoms with Gasteiger partial charge in [0, 0.05) is 6.54 Å². The van der Waals surface area contributed by atoms with Crippen LogP contribution < -0.4 is 0 Å². The summed E-state index contributed by atoms with van der Waals surface area (Å²) in [7, 11) is 0. The van der Waals surface area contributed by atoms with Crippen molar-refractivity contribution in [2.24, 2.45) is 0 Å². The third kappa shape index (κ3) is 4.33. The molecular weight excluding hydrogens is 372 g/mol. The van der Waals surface area contributed by atoms with Crippen LogP contribution in [0.25, 0.3) is 23.2 Å². The average Bonchev–Trinajstić information content (AvgIpc) is 3.08. The van der Waals surface area contributed by atoms with E-state index in [1.54, 1.807) is 6.07 Å². The summed E-state index contributed by atoms with van der Waals surface area (Å²) in [5, 5.41) is 0. The number of imidazole rings is 1. The van der Waals surface area contributed by atoms with Gasteiger partial charge in [-0.1, -0.05) is 66.7 Å². The maximum atomic E-state index is 12.1. The minimum atomic E-state index is -0.306. The second-order valence-corrected chi connectivity index (χ2v) is 7.15. The van der Waals surface area contributed by atoms with Crippen LogP contribution in [0.2, 0.25) is 0 Å². The molecule has 0 bridgehead atoms. The Morgan fingerprint density at radius 3 is 2.37 bits per heavy atom. The standard InChI is InChI=1S/C26H24N2O2/c1-3-30-26(29)23-15-16-24-25(17-23)28(19(2)27-24)18-22-13-11-21(12-14-22)10-9-20-7-5-4-6-8-20/h4-17H,3,18H2,1-2H3/b10-9+. The third-order valence-corrected chi connectivity index (χ3v) is 5.04. The predicted molar refractivity (Wildman–Crippen MR) is 121 cm³/mol. The van der Waals surface area contributed by atoms with Gasteiger partial charge in [0.25, 0.3) is 0 Å². The van der Waals surface area contributed by atoms with E-state index < -0.39 is 0 Å². The van der Waals surface area contributed by atoms with Crippen molar-refractivity contribution in [1.82, 2.24) is 9.55 Å². The van der Waals surface area contributed by atoms with E-state index in [4.69, 9.17) is 4.74 Å². The molecule has 0 radical (unpaired) electrons. The number of nitrogens with zero attached hydrogens (tertiary/aromatic N) is 2. The Morgan fingerprint density at radius 2 is 1.67 bits per heavy atom. The van der Waals surface area contributed by atoms with Crippen molar-refractivity contribution in [3.8, 4) is 0 Å². The molecule has 0 fully saturated rings. The minimum Gasteiger partial charge on any atom is -0.462 e. The van der Waals surface area contributed by atoms with Crippen LogP contribution >= 0.6 is 0 Å². The molecule has 4 rings (SSSR count). The van der Waals surface area contributed by atoms with Crippen molar-refractivity contribution in [1.29, 1.82) is 0 Å². The topological polar surface area (TPSA) is 44.1 Å². The first-order chi connectivity index (χ1) is 14.6. The number of carbonyl (C=O) groups is 1. The summed E-state index contributed by atoms with van der Waals surface area (Å²) in [5.41, 5.74) is 5.87. The summed E-state index contributed by atoms with van der Waals surface area (Å²) in [6.07, 6.45) is 4.22. The summed E-state index contributed by atoms with van der Waals surface area (Å²) < 4.78 is 7.27. The zero-order valence-electron chi connectivity index (χ0n) is 17.2. The van der Waals surface area contributed by atoms with Gasteiger partial charge in [0.1, 0.15) is 5.82 Å². The number of aromatic nitrogens is 2. The summed E-state index contributed by atoms with van der Waals surface area (Å²) in [6.45, 7) is 4.85. The lowest BCUT2D eigenvalue weighted by atomic mass is 10.1. The molecule has 3 aromatic carbocycles. The van der Waals surface area contributed by atoms with Crippen molar-refractivity contribution >= 4 is 29.2 Å². The van der Waals surface area contributed by atoms with E-state index in [2.05, 4.69) is 58.1 Å². The van der Waals surface area contributed by atoms with Gasteiger partial charge in [-0.2, -0.15) is 0 Å². The molecule has 0 N–H and O–H groups in total.